The third-order valence-electron chi connectivity index (χ3n) is 9.52. The summed E-state index contributed by atoms with van der Waals surface area (Å²) in [7, 11) is 0. The predicted molar refractivity (Wildman–Crippen MR) is 193 cm³/mol. The Morgan fingerprint density at radius 3 is 1.70 bits per heavy atom. The smallest absolute Gasteiger partial charge is 0.160 e. The molecule has 0 amide bonds. The Hall–Kier alpha value is -6.57. The Morgan fingerprint density at radius 1 is 0.447 bits per heavy atom. The molecule has 0 spiro atoms. The van der Waals surface area contributed by atoms with Gasteiger partial charge in [0.05, 0.1) is 33.7 Å². The van der Waals surface area contributed by atoms with Gasteiger partial charge in [0.25, 0.3) is 0 Å². The molecular weight excluding hydrogens is 574 g/mol. The number of furan rings is 1. The molecule has 0 saturated heterocycles. The van der Waals surface area contributed by atoms with E-state index in [-0.39, 0.29) is 0 Å². The van der Waals surface area contributed by atoms with Crippen molar-refractivity contribution in [3.8, 4) is 28.6 Å². The number of hydrogen-bond acceptors (Lipinski definition) is 2. The van der Waals surface area contributed by atoms with Crippen LogP contribution >= 0.6 is 0 Å². The predicted octanol–water partition coefficient (Wildman–Crippen LogP) is 11.3. The summed E-state index contributed by atoms with van der Waals surface area (Å²) in [6.07, 6.45) is 0. The quantitative estimate of drug-likeness (QED) is 0.203. The van der Waals surface area contributed by atoms with Crippen LogP contribution in [0.2, 0.25) is 0 Å². The monoisotopic (exact) mass is 599 g/mol. The van der Waals surface area contributed by atoms with Crippen molar-refractivity contribution in [2.45, 2.75) is 0 Å². The van der Waals surface area contributed by atoms with Gasteiger partial charge in [-0.3, -0.25) is 0 Å². The van der Waals surface area contributed by atoms with Crippen LogP contribution in [0.1, 0.15) is 5.56 Å². The zero-order chi connectivity index (χ0) is 31.1. The van der Waals surface area contributed by atoms with E-state index in [2.05, 4.69) is 143 Å². The second-order valence-corrected chi connectivity index (χ2v) is 12.1. The van der Waals surface area contributed by atoms with Gasteiger partial charge in [0.2, 0.25) is 0 Å². The maximum absolute atomic E-state index is 10.1. The number of hydrogen-bond donors (Lipinski definition) is 0. The highest BCUT2D eigenvalue weighted by Crippen LogP contribution is 2.40. The minimum absolute atomic E-state index is 0.623. The Morgan fingerprint density at radius 2 is 1.02 bits per heavy atom. The SMILES string of the molecule is N#Cc1cc(-c2ccc(-n3c4ccccc4c4ccc5c6ccccc6oc5c43)cc2)cc(-n2c3ccccc3c3ccccc32)c1. The van der Waals surface area contributed by atoms with Gasteiger partial charge >= 0.3 is 0 Å². The Balaban J connectivity index is 1.17. The van der Waals surface area contributed by atoms with E-state index < -0.39 is 0 Å². The summed E-state index contributed by atoms with van der Waals surface area (Å²) >= 11 is 0. The molecule has 7 aromatic carbocycles. The highest BCUT2D eigenvalue weighted by molar-refractivity contribution is 6.21. The first-order valence-electron chi connectivity index (χ1n) is 15.7. The molecule has 0 atom stereocenters. The first kappa shape index (κ1) is 25.7. The highest BCUT2D eigenvalue weighted by atomic mass is 16.3. The zero-order valence-electron chi connectivity index (χ0n) is 25.2. The van der Waals surface area contributed by atoms with Crippen LogP contribution in [0.25, 0.3) is 88.1 Å². The van der Waals surface area contributed by atoms with Crippen LogP contribution in [0.15, 0.2) is 156 Å². The molecule has 0 saturated carbocycles. The normalized spacial score (nSPS) is 11.8. The van der Waals surface area contributed by atoms with E-state index in [4.69, 9.17) is 4.42 Å². The second kappa shape index (κ2) is 9.71. The van der Waals surface area contributed by atoms with Crippen molar-refractivity contribution >= 4 is 65.6 Å². The Bertz CT molecular complexity index is 2860. The van der Waals surface area contributed by atoms with E-state index in [0.717, 1.165) is 71.9 Å². The molecule has 0 aliphatic rings. The number of nitriles is 1. The van der Waals surface area contributed by atoms with Gasteiger partial charge in [-0.1, -0.05) is 91.0 Å². The third-order valence-corrected chi connectivity index (χ3v) is 9.52. The maximum atomic E-state index is 10.1. The van der Waals surface area contributed by atoms with Crippen molar-refractivity contribution in [1.82, 2.24) is 9.13 Å². The summed E-state index contributed by atoms with van der Waals surface area (Å²) < 4.78 is 11.1. The van der Waals surface area contributed by atoms with Crippen LogP contribution in [-0.2, 0) is 0 Å². The summed E-state index contributed by atoms with van der Waals surface area (Å²) in [6.45, 7) is 0. The molecule has 0 radical (unpaired) electrons. The lowest BCUT2D eigenvalue weighted by Gasteiger charge is -2.13. The van der Waals surface area contributed by atoms with Gasteiger partial charge in [0.1, 0.15) is 5.58 Å². The van der Waals surface area contributed by atoms with Gasteiger partial charge in [-0.25, -0.2) is 0 Å². The van der Waals surface area contributed by atoms with E-state index in [1.165, 1.54) is 16.2 Å². The minimum atomic E-state index is 0.623. The van der Waals surface area contributed by atoms with Crippen LogP contribution in [0.4, 0.5) is 0 Å². The number of fused-ring (bicyclic) bond motifs is 10. The van der Waals surface area contributed by atoms with Gasteiger partial charge in [0.15, 0.2) is 5.58 Å². The van der Waals surface area contributed by atoms with Crippen LogP contribution in [0.5, 0.6) is 0 Å². The number of rotatable bonds is 3. The molecule has 0 bridgehead atoms. The van der Waals surface area contributed by atoms with Crippen molar-refractivity contribution in [2.75, 3.05) is 0 Å². The molecule has 0 unspecified atom stereocenters. The molecule has 0 fully saturated rings. The fourth-order valence-corrected chi connectivity index (χ4v) is 7.47. The average molecular weight is 600 g/mol. The van der Waals surface area contributed by atoms with E-state index in [0.29, 0.717) is 5.56 Å². The van der Waals surface area contributed by atoms with Crippen molar-refractivity contribution in [3.05, 3.63) is 157 Å². The number of aromatic nitrogens is 2. The van der Waals surface area contributed by atoms with Crippen molar-refractivity contribution in [3.63, 3.8) is 0 Å². The van der Waals surface area contributed by atoms with Crippen LogP contribution in [0.3, 0.4) is 0 Å². The molecule has 218 valence electrons. The first-order chi connectivity index (χ1) is 23.3. The molecule has 47 heavy (non-hydrogen) atoms. The second-order valence-electron chi connectivity index (χ2n) is 12.1. The van der Waals surface area contributed by atoms with Gasteiger partial charge in [-0.2, -0.15) is 5.26 Å². The van der Waals surface area contributed by atoms with Crippen molar-refractivity contribution in [2.24, 2.45) is 0 Å². The lowest BCUT2D eigenvalue weighted by atomic mass is 10.0. The topological polar surface area (TPSA) is 46.8 Å². The number of para-hydroxylation sites is 4. The Kier molecular flexibility index (Phi) is 5.32. The summed E-state index contributed by atoms with van der Waals surface area (Å²) in [4.78, 5) is 0. The largest absolute Gasteiger partial charge is 0.454 e. The lowest BCUT2D eigenvalue weighted by molar-refractivity contribution is 0.671. The lowest BCUT2D eigenvalue weighted by Crippen LogP contribution is -1.96. The molecule has 4 nitrogen and oxygen atoms in total. The molecule has 0 aliphatic heterocycles. The third kappa shape index (κ3) is 3.69. The van der Waals surface area contributed by atoms with Crippen molar-refractivity contribution < 1.29 is 4.42 Å². The van der Waals surface area contributed by atoms with Crippen LogP contribution in [0, 0.1) is 11.3 Å². The average Bonchev–Trinajstić information content (AvgIpc) is 3.79. The molecule has 10 rings (SSSR count). The summed E-state index contributed by atoms with van der Waals surface area (Å²) in [5, 5.41) is 17.1. The van der Waals surface area contributed by atoms with Gasteiger partial charge in [-0.05, 0) is 71.8 Å². The zero-order valence-corrected chi connectivity index (χ0v) is 25.2. The molecule has 0 N–H and O–H groups in total. The van der Waals surface area contributed by atoms with Gasteiger partial charge in [0, 0.05) is 43.7 Å². The van der Waals surface area contributed by atoms with E-state index in [1.807, 2.05) is 24.3 Å². The van der Waals surface area contributed by atoms with E-state index in [1.54, 1.807) is 0 Å². The molecule has 4 heteroatoms. The number of nitrogens with zero attached hydrogens (tertiary/aromatic N) is 3. The first-order valence-corrected chi connectivity index (χ1v) is 15.7. The maximum Gasteiger partial charge on any atom is 0.160 e. The van der Waals surface area contributed by atoms with Crippen LogP contribution in [-0.4, -0.2) is 9.13 Å². The molecular formula is C43H25N3O. The standard InChI is InChI=1S/C43H25N3O/c44-26-27-23-29(25-31(24-27)45-38-13-5-1-9-32(38)33-10-2-6-14-39(33)45)28-17-19-30(20-18-28)46-40-15-7-3-11-34(40)36-21-22-37-35-12-4-8-16-41(35)47-43(37)42(36)46/h1-25H. The fraction of sp³-hybridized carbons (Fsp3) is 0. The Labute approximate surface area is 269 Å². The fourth-order valence-electron chi connectivity index (χ4n) is 7.47. The van der Waals surface area contributed by atoms with Crippen molar-refractivity contribution in [1.29, 1.82) is 5.26 Å². The summed E-state index contributed by atoms with van der Waals surface area (Å²) in [5.41, 5.74) is 10.9. The van der Waals surface area contributed by atoms with E-state index in [9.17, 15) is 5.26 Å². The molecule has 10 aromatic rings. The van der Waals surface area contributed by atoms with Gasteiger partial charge in [-0.15, -0.1) is 0 Å². The summed E-state index contributed by atoms with van der Waals surface area (Å²) in [6, 6.07) is 55.3. The highest BCUT2D eigenvalue weighted by Gasteiger charge is 2.19. The van der Waals surface area contributed by atoms with Gasteiger partial charge < -0.3 is 13.6 Å². The van der Waals surface area contributed by atoms with E-state index >= 15 is 0 Å². The molecule has 3 aromatic heterocycles. The molecule has 3 heterocycles. The molecule has 0 aliphatic carbocycles. The summed E-state index contributed by atoms with van der Waals surface area (Å²) in [5.74, 6) is 0. The minimum Gasteiger partial charge on any atom is -0.454 e. The van der Waals surface area contributed by atoms with Crippen LogP contribution < -0.4 is 0 Å². The number of benzene rings is 7.